The van der Waals surface area contributed by atoms with Crippen molar-refractivity contribution < 1.29 is 13.2 Å². The average Bonchev–Trinajstić information content (AvgIpc) is 2.53. The Balaban J connectivity index is 2.23. The van der Waals surface area contributed by atoms with Crippen LogP contribution in [-0.2, 0) is 16.4 Å². The summed E-state index contributed by atoms with van der Waals surface area (Å²) in [6.45, 7) is 4.04. The third kappa shape index (κ3) is 4.48. The zero-order chi connectivity index (χ0) is 16.9. The van der Waals surface area contributed by atoms with Crippen LogP contribution >= 0.6 is 0 Å². The fourth-order valence-corrected chi connectivity index (χ4v) is 3.38. The minimum absolute atomic E-state index is 0.251. The molecule has 0 saturated heterocycles. The van der Waals surface area contributed by atoms with Crippen LogP contribution in [0.15, 0.2) is 47.4 Å². The molecule has 2 rings (SSSR count). The second-order valence-electron chi connectivity index (χ2n) is 5.56. The number of anilines is 1. The number of unbranched alkanes of at least 4 members (excludes halogenated alkanes) is 1. The molecule has 0 aliphatic heterocycles. The highest BCUT2D eigenvalue weighted by atomic mass is 32.2. The summed E-state index contributed by atoms with van der Waals surface area (Å²) in [7, 11) is -2.11. The van der Waals surface area contributed by atoms with Crippen LogP contribution in [0, 0.1) is 6.92 Å². The van der Waals surface area contributed by atoms with Gasteiger partial charge in [0.25, 0.3) is 10.0 Å². The Morgan fingerprint density at radius 3 is 2.39 bits per heavy atom. The number of sulfonamides is 1. The van der Waals surface area contributed by atoms with Gasteiger partial charge in [0.15, 0.2) is 0 Å². The van der Waals surface area contributed by atoms with Crippen LogP contribution in [-0.4, -0.2) is 15.5 Å². The van der Waals surface area contributed by atoms with E-state index in [2.05, 4.69) is 11.6 Å². The summed E-state index contributed by atoms with van der Waals surface area (Å²) < 4.78 is 32.9. The van der Waals surface area contributed by atoms with Gasteiger partial charge in [-0.2, -0.15) is 0 Å². The van der Waals surface area contributed by atoms with Gasteiger partial charge in [0, 0.05) is 0 Å². The summed E-state index contributed by atoms with van der Waals surface area (Å²) in [6, 6.07) is 12.4. The molecule has 1 N–H and O–H groups in total. The van der Waals surface area contributed by atoms with E-state index in [1.54, 1.807) is 24.3 Å². The molecule has 4 nitrogen and oxygen atoms in total. The molecule has 23 heavy (non-hydrogen) atoms. The first-order chi connectivity index (χ1) is 11.0. The van der Waals surface area contributed by atoms with Gasteiger partial charge in [-0.15, -0.1) is 0 Å². The van der Waals surface area contributed by atoms with Crippen molar-refractivity contribution in [3.05, 3.63) is 53.6 Å². The first kappa shape index (κ1) is 17.3. The molecule has 0 saturated carbocycles. The lowest BCUT2D eigenvalue weighted by Gasteiger charge is -2.13. The highest BCUT2D eigenvalue weighted by Crippen LogP contribution is 2.27. The van der Waals surface area contributed by atoms with Crippen LogP contribution in [0.1, 0.15) is 30.9 Å². The largest absolute Gasteiger partial charge is 0.495 e. The van der Waals surface area contributed by atoms with Gasteiger partial charge < -0.3 is 4.74 Å². The number of hydrogen-bond acceptors (Lipinski definition) is 3. The lowest BCUT2D eigenvalue weighted by molar-refractivity contribution is 0.417. The second-order valence-corrected chi connectivity index (χ2v) is 7.24. The summed E-state index contributed by atoms with van der Waals surface area (Å²) in [6.07, 6.45) is 3.19. The fraction of sp³-hybridized carbons (Fsp3) is 0.333. The molecule has 0 heterocycles. The average molecular weight is 333 g/mol. The SMILES string of the molecule is CCCCc1ccc(S(=O)(=O)Nc2cc(C)ccc2OC)cc1. The number of rotatable bonds is 7. The number of nitrogens with one attached hydrogen (secondary N) is 1. The third-order valence-corrected chi connectivity index (χ3v) is 5.03. The normalized spacial score (nSPS) is 11.3. The van der Waals surface area contributed by atoms with Crippen molar-refractivity contribution >= 4 is 15.7 Å². The highest BCUT2D eigenvalue weighted by Gasteiger charge is 2.16. The summed E-state index contributed by atoms with van der Waals surface area (Å²) in [5.41, 5.74) is 2.56. The molecule has 5 heteroatoms. The van der Waals surface area contributed by atoms with Crippen molar-refractivity contribution in [2.75, 3.05) is 11.8 Å². The molecule has 0 fully saturated rings. The zero-order valence-corrected chi connectivity index (χ0v) is 14.6. The van der Waals surface area contributed by atoms with Crippen LogP contribution in [0.4, 0.5) is 5.69 Å². The molecule has 2 aromatic rings. The van der Waals surface area contributed by atoms with Gasteiger partial charge in [-0.1, -0.05) is 31.5 Å². The molecule has 0 aliphatic rings. The van der Waals surface area contributed by atoms with Gasteiger partial charge >= 0.3 is 0 Å². The number of ether oxygens (including phenoxy) is 1. The Kier molecular flexibility index (Phi) is 5.66. The van der Waals surface area contributed by atoms with Crippen molar-refractivity contribution in [3.8, 4) is 5.75 Å². The van der Waals surface area contributed by atoms with E-state index < -0.39 is 10.0 Å². The Morgan fingerprint density at radius 1 is 1.09 bits per heavy atom. The monoisotopic (exact) mass is 333 g/mol. The van der Waals surface area contributed by atoms with E-state index in [1.165, 1.54) is 7.11 Å². The van der Waals surface area contributed by atoms with E-state index in [9.17, 15) is 8.42 Å². The maximum absolute atomic E-state index is 12.5. The molecule has 0 spiro atoms. The molecule has 0 atom stereocenters. The maximum atomic E-state index is 12.5. The lowest BCUT2D eigenvalue weighted by Crippen LogP contribution is -2.13. The Morgan fingerprint density at radius 2 is 1.78 bits per heavy atom. The van der Waals surface area contributed by atoms with Crippen LogP contribution in [0.5, 0.6) is 5.75 Å². The molecular weight excluding hydrogens is 310 g/mol. The molecule has 0 radical (unpaired) electrons. The van der Waals surface area contributed by atoms with Crippen LogP contribution < -0.4 is 9.46 Å². The van der Waals surface area contributed by atoms with Gasteiger partial charge in [-0.3, -0.25) is 4.72 Å². The van der Waals surface area contributed by atoms with Crippen molar-refractivity contribution in [2.24, 2.45) is 0 Å². The summed E-state index contributed by atoms with van der Waals surface area (Å²) in [4.78, 5) is 0.251. The van der Waals surface area contributed by atoms with Crippen molar-refractivity contribution in [1.29, 1.82) is 0 Å². The molecule has 2 aromatic carbocycles. The summed E-state index contributed by atoms with van der Waals surface area (Å²) >= 11 is 0. The van der Waals surface area contributed by atoms with E-state index in [1.807, 2.05) is 25.1 Å². The maximum Gasteiger partial charge on any atom is 0.262 e. The van der Waals surface area contributed by atoms with Gasteiger partial charge in [0.2, 0.25) is 0 Å². The molecule has 0 unspecified atom stereocenters. The smallest absolute Gasteiger partial charge is 0.262 e. The predicted molar refractivity (Wildman–Crippen MR) is 93.6 cm³/mol. The number of methoxy groups -OCH3 is 1. The molecule has 0 aromatic heterocycles. The molecule has 0 bridgehead atoms. The van der Waals surface area contributed by atoms with Gasteiger partial charge in [0.1, 0.15) is 5.75 Å². The molecule has 124 valence electrons. The Bertz CT molecular complexity index is 752. The van der Waals surface area contributed by atoms with Gasteiger partial charge in [0.05, 0.1) is 17.7 Å². The van der Waals surface area contributed by atoms with Crippen molar-refractivity contribution in [2.45, 2.75) is 38.0 Å². The number of benzene rings is 2. The standard InChI is InChI=1S/C18H23NO3S/c1-4-5-6-15-8-10-16(11-9-15)23(20,21)19-17-13-14(2)7-12-18(17)22-3/h7-13,19H,4-6H2,1-3H3. The predicted octanol–water partition coefficient (Wildman–Crippen LogP) is 4.15. The third-order valence-electron chi connectivity index (χ3n) is 3.65. The van der Waals surface area contributed by atoms with Crippen molar-refractivity contribution in [1.82, 2.24) is 0 Å². The number of hydrogen-bond donors (Lipinski definition) is 1. The van der Waals surface area contributed by atoms with Gasteiger partial charge in [-0.05, 0) is 55.2 Å². The zero-order valence-electron chi connectivity index (χ0n) is 13.8. The lowest BCUT2D eigenvalue weighted by atomic mass is 10.1. The molecule has 0 aliphatic carbocycles. The summed E-state index contributed by atoms with van der Waals surface area (Å²) in [5.74, 6) is 0.499. The minimum atomic E-state index is -3.63. The van der Waals surface area contributed by atoms with Crippen LogP contribution in [0.25, 0.3) is 0 Å². The minimum Gasteiger partial charge on any atom is -0.495 e. The van der Waals surface area contributed by atoms with Crippen molar-refractivity contribution in [3.63, 3.8) is 0 Å². The van der Waals surface area contributed by atoms with E-state index in [-0.39, 0.29) is 4.90 Å². The second kappa shape index (κ2) is 7.51. The van der Waals surface area contributed by atoms with Gasteiger partial charge in [-0.25, -0.2) is 8.42 Å². The molecular formula is C18H23NO3S. The first-order valence-corrected chi connectivity index (χ1v) is 9.21. The van der Waals surface area contributed by atoms with Crippen LogP contribution in [0.3, 0.4) is 0 Å². The quantitative estimate of drug-likeness (QED) is 0.828. The van der Waals surface area contributed by atoms with E-state index in [4.69, 9.17) is 4.74 Å². The Labute approximate surface area is 138 Å². The molecule has 0 amide bonds. The highest BCUT2D eigenvalue weighted by molar-refractivity contribution is 7.92. The number of aryl methyl sites for hydroxylation is 2. The van der Waals surface area contributed by atoms with E-state index in [0.29, 0.717) is 11.4 Å². The van der Waals surface area contributed by atoms with E-state index >= 15 is 0 Å². The fourth-order valence-electron chi connectivity index (χ4n) is 2.32. The first-order valence-electron chi connectivity index (χ1n) is 7.72. The topological polar surface area (TPSA) is 55.4 Å². The van der Waals surface area contributed by atoms with Crippen LogP contribution in [0.2, 0.25) is 0 Å². The van der Waals surface area contributed by atoms with E-state index in [0.717, 1.165) is 30.4 Å². The Hall–Kier alpha value is -2.01. The summed E-state index contributed by atoms with van der Waals surface area (Å²) in [5, 5.41) is 0.